The summed E-state index contributed by atoms with van der Waals surface area (Å²) in [5, 5.41) is 43.3. The molecule has 2 aromatic heterocycles. The zero-order valence-corrected chi connectivity index (χ0v) is 22.1. The number of nitrogens with zero attached hydrogens (tertiary/aromatic N) is 6. The van der Waals surface area contributed by atoms with Gasteiger partial charge in [0.05, 0.1) is 11.4 Å². The second-order valence-corrected chi connectivity index (χ2v) is 10.2. The average molecular weight is 687 g/mol. The number of phenols is 2. The third-order valence-electron chi connectivity index (χ3n) is 5.38. The van der Waals surface area contributed by atoms with Crippen LogP contribution in [0.3, 0.4) is 0 Å². The molecular weight excluding hydrogens is 672 g/mol. The average Bonchev–Trinajstić information content (AvgIpc) is 3.47. The highest BCUT2D eigenvalue weighted by atomic mass is 127. The van der Waals surface area contributed by atoms with Crippen molar-refractivity contribution in [3.05, 3.63) is 79.9 Å². The summed E-state index contributed by atoms with van der Waals surface area (Å²) < 4.78 is 1.70. The van der Waals surface area contributed by atoms with Crippen LogP contribution in [0.25, 0.3) is 33.4 Å². The Morgan fingerprint density at radius 2 is 0.914 bits per heavy atom. The van der Waals surface area contributed by atoms with E-state index in [1.54, 1.807) is 24.3 Å². The van der Waals surface area contributed by atoms with Crippen LogP contribution < -0.4 is 5.32 Å². The first-order valence-electron chi connectivity index (χ1n) is 10.4. The molecule has 0 unspecified atom stereocenters. The molecule has 6 rings (SSSR count). The Hall–Kier alpha value is -3.46. The molecular formula is C24H15I2N7O2. The summed E-state index contributed by atoms with van der Waals surface area (Å²) >= 11 is 4.33. The molecule has 9 nitrogen and oxygen atoms in total. The lowest BCUT2D eigenvalue weighted by Gasteiger charge is -2.15. The second-order valence-electron chi connectivity index (χ2n) is 7.72. The van der Waals surface area contributed by atoms with E-state index >= 15 is 0 Å². The Kier molecular flexibility index (Phi) is 5.44. The molecule has 0 amide bonds. The van der Waals surface area contributed by atoms with Crippen molar-refractivity contribution in [2.75, 3.05) is 5.32 Å². The van der Waals surface area contributed by atoms with Crippen LogP contribution in [0.2, 0.25) is 0 Å². The smallest absolute Gasteiger partial charge is 0.166 e. The molecule has 3 N–H and O–H groups in total. The number of anilines is 2. The van der Waals surface area contributed by atoms with Gasteiger partial charge in [0.2, 0.25) is 0 Å². The van der Waals surface area contributed by atoms with E-state index in [2.05, 4.69) is 70.9 Å². The van der Waals surface area contributed by atoms with Crippen molar-refractivity contribution < 1.29 is 10.2 Å². The van der Waals surface area contributed by atoms with Gasteiger partial charge >= 0.3 is 0 Å². The molecule has 0 atom stereocenters. The van der Waals surface area contributed by atoms with Crippen molar-refractivity contribution in [2.24, 2.45) is 0 Å². The molecule has 11 heteroatoms. The van der Waals surface area contributed by atoms with Crippen LogP contribution in [-0.2, 0) is 0 Å². The van der Waals surface area contributed by atoms with E-state index in [1.165, 1.54) is 9.59 Å². The molecule has 0 fully saturated rings. The van der Waals surface area contributed by atoms with Gasteiger partial charge < -0.3 is 15.5 Å². The van der Waals surface area contributed by atoms with Gasteiger partial charge in [-0.15, -0.1) is 30.0 Å². The third-order valence-corrected chi connectivity index (χ3v) is 6.63. The third kappa shape index (κ3) is 4.03. The van der Waals surface area contributed by atoms with E-state index in [-0.39, 0.29) is 11.5 Å². The molecule has 0 saturated carbocycles. The van der Waals surface area contributed by atoms with Gasteiger partial charge in [0, 0.05) is 7.14 Å². The van der Waals surface area contributed by atoms with Crippen molar-refractivity contribution in [1.29, 1.82) is 0 Å². The number of aromatic hydroxyl groups is 2. The highest BCUT2D eigenvalue weighted by molar-refractivity contribution is 14.1. The molecule has 35 heavy (non-hydrogen) atoms. The topological polar surface area (TPSA) is 114 Å². The first-order valence-corrected chi connectivity index (χ1v) is 12.6. The van der Waals surface area contributed by atoms with Gasteiger partial charge in [-0.2, -0.15) is 0 Å². The molecule has 0 spiro atoms. The zero-order chi connectivity index (χ0) is 24.1. The van der Waals surface area contributed by atoms with E-state index in [0.717, 1.165) is 29.2 Å². The number of rotatable bonds is 4. The molecule has 0 saturated heterocycles. The van der Waals surface area contributed by atoms with Crippen LogP contribution >= 0.6 is 45.2 Å². The van der Waals surface area contributed by atoms with Crippen molar-refractivity contribution in [2.45, 2.75) is 0 Å². The van der Waals surface area contributed by atoms with Crippen LogP contribution in [0.15, 0.2) is 72.8 Å². The highest BCUT2D eigenvalue weighted by Crippen LogP contribution is 2.39. The number of nitrogens with one attached hydrogen (secondary N) is 1. The number of benzene rings is 4. The van der Waals surface area contributed by atoms with E-state index in [9.17, 15) is 10.2 Å². The van der Waals surface area contributed by atoms with E-state index in [4.69, 9.17) is 0 Å². The Balaban J connectivity index is 1.43. The molecule has 172 valence electrons. The maximum atomic E-state index is 11.1. The SMILES string of the molecule is Oc1c(Nc2cc(I)cc(-n3nc4ccccc4n3)c2O)cc(I)cc1-n1nc2ccccc2n1. The summed E-state index contributed by atoms with van der Waals surface area (Å²) in [7, 11) is 0. The predicted octanol–water partition coefficient (Wildman–Crippen LogP) is 5.52. The molecule has 0 radical (unpaired) electrons. The van der Waals surface area contributed by atoms with Crippen molar-refractivity contribution in [1.82, 2.24) is 30.0 Å². The van der Waals surface area contributed by atoms with Gasteiger partial charge in [-0.25, -0.2) is 0 Å². The summed E-state index contributed by atoms with van der Waals surface area (Å²) in [6, 6.07) is 22.1. The number of phenolic OH excluding ortho intramolecular Hbond substituents is 2. The predicted molar refractivity (Wildman–Crippen MR) is 150 cm³/mol. The number of hydrogen-bond acceptors (Lipinski definition) is 7. The fraction of sp³-hybridized carbons (Fsp3) is 0. The first-order chi connectivity index (χ1) is 17.0. The standard InChI is InChI=1S/C24H15I2N7O2/c25-13-9-19(23(34)21(11-13)32-28-15-5-1-2-6-16(15)29-32)27-20-10-14(26)12-22(24(20)35)33-30-17-7-3-4-8-18(17)31-33/h1-12,27,34-35H. The molecule has 0 aliphatic rings. The monoisotopic (exact) mass is 687 g/mol. The molecule has 2 heterocycles. The van der Waals surface area contributed by atoms with E-state index < -0.39 is 0 Å². The van der Waals surface area contributed by atoms with Crippen LogP contribution in [0.1, 0.15) is 0 Å². The summed E-state index contributed by atoms with van der Waals surface area (Å²) in [5.74, 6) is -0.0954. The maximum Gasteiger partial charge on any atom is 0.166 e. The second kappa shape index (κ2) is 8.64. The number of hydrogen-bond donors (Lipinski definition) is 3. The Morgan fingerprint density at radius 1 is 0.571 bits per heavy atom. The zero-order valence-electron chi connectivity index (χ0n) is 17.8. The van der Waals surface area contributed by atoms with Crippen LogP contribution in [0.5, 0.6) is 11.5 Å². The summed E-state index contributed by atoms with van der Waals surface area (Å²) in [6.07, 6.45) is 0. The minimum Gasteiger partial charge on any atom is -0.504 e. The minimum absolute atomic E-state index is 0.0477. The van der Waals surface area contributed by atoms with Crippen LogP contribution in [0, 0.1) is 7.14 Å². The van der Waals surface area contributed by atoms with Gasteiger partial charge in [-0.05, 0) is 93.7 Å². The Bertz CT molecular complexity index is 1550. The minimum atomic E-state index is -0.0477. The van der Waals surface area contributed by atoms with Gasteiger partial charge in [0.1, 0.15) is 33.4 Å². The lowest BCUT2D eigenvalue weighted by atomic mass is 10.2. The van der Waals surface area contributed by atoms with Gasteiger partial charge in [-0.3, -0.25) is 0 Å². The fourth-order valence-electron chi connectivity index (χ4n) is 3.75. The maximum absolute atomic E-state index is 11.1. The molecule has 0 aliphatic heterocycles. The van der Waals surface area contributed by atoms with Crippen molar-refractivity contribution in [3.63, 3.8) is 0 Å². The number of fused-ring (bicyclic) bond motifs is 2. The molecule has 6 aromatic rings. The summed E-state index contributed by atoms with van der Waals surface area (Å²) in [5.41, 5.74) is 4.52. The van der Waals surface area contributed by atoms with Crippen molar-refractivity contribution >= 4 is 78.6 Å². The lowest BCUT2D eigenvalue weighted by Crippen LogP contribution is -2.04. The Morgan fingerprint density at radius 3 is 1.26 bits per heavy atom. The fourth-order valence-corrected chi connectivity index (χ4v) is 4.96. The van der Waals surface area contributed by atoms with E-state index in [1.807, 2.05) is 48.5 Å². The first kappa shape index (κ1) is 22.0. The van der Waals surface area contributed by atoms with Crippen LogP contribution in [-0.4, -0.2) is 40.2 Å². The lowest BCUT2D eigenvalue weighted by molar-refractivity contribution is 0.467. The number of aromatic nitrogens is 6. The summed E-state index contributed by atoms with van der Waals surface area (Å²) in [4.78, 5) is 2.82. The van der Waals surface area contributed by atoms with Gasteiger partial charge in [-0.1, -0.05) is 24.3 Å². The Labute approximate surface area is 225 Å². The largest absolute Gasteiger partial charge is 0.504 e. The summed E-state index contributed by atoms with van der Waals surface area (Å²) in [6.45, 7) is 0. The van der Waals surface area contributed by atoms with Crippen LogP contribution in [0.4, 0.5) is 11.4 Å². The molecule has 4 aromatic carbocycles. The van der Waals surface area contributed by atoms with Gasteiger partial charge in [0.25, 0.3) is 0 Å². The molecule has 0 bridgehead atoms. The normalized spacial score (nSPS) is 11.4. The van der Waals surface area contributed by atoms with E-state index in [0.29, 0.717) is 22.7 Å². The van der Waals surface area contributed by atoms with Crippen molar-refractivity contribution in [3.8, 4) is 22.9 Å². The highest BCUT2D eigenvalue weighted by Gasteiger charge is 2.18. The van der Waals surface area contributed by atoms with Gasteiger partial charge in [0.15, 0.2) is 11.5 Å². The number of halogens is 2. The molecule has 0 aliphatic carbocycles. The quantitative estimate of drug-likeness (QED) is 0.165.